The minimum atomic E-state index is -0.427. The summed E-state index contributed by atoms with van der Waals surface area (Å²) in [6.07, 6.45) is 8.14. The number of amides is 1. The lowest BCUT2D eigenvalue weighted by molar-refractivity contribution is 0.0148. The number of aromatic nitrogens is 4. The zero-order valence-corrected chi connectivity index (χ0v) is 18.2. The van der Waals surface area contributed by atoms with Gasteiger partial charge in [-0.2, -0.15) is 15.3 Å². The molecule has 1 amide bonds. The minimum absolute atomic E-state index is 0. The highest BCUT2D eigenvalue weighted by atomic mass is 35.5. The molecule has 1 saturated heterocycles. The Morgan fingerprint density at radius 2 is 1.97 bits per heavy atom. The summed E-state index contributed by atoms with van der Waals surface area (Å²) in [6, 6.07) is 10.2. The molecule has 0 bridgehead atoms. The fourth-order valence-electron chi connectivity index (χ4n) is 4.37. The SMILES string of the molecule is Cl.O=C1OC2(CCC(CNc3ccn(-c4ccccc4F)n3)CC2)CN1c1ccnnc1. The summed E-state index contributed by atoms with van der Waals surface area (Å²) in [5.74, 6) is 0.865. The molecule has 1 aliphatic heterocycles. The number of hydrogen-bond donors (Lipinski definition) is 1. The first-order chi connectivity index (χ1) is 15.1. The number of halogens is 2. The van der Waals surface area contributed by atoms with Crippen LogP contribution in [-0.4, -0.2) is 44.8 Å². The summed E-state index contributed by atoms with van der Waals surface area (Å²) >= 11 is 0. The normalized spacial score (nSPS) is 22.5. The van der Waals surface area contributed by atoms with Crippen LogP contribution in [0.25, 0.3) is 5.69 Å². The average molecular weight is 459 g/mol. The molecule has 0 radical (unpaired) electrons. The van der Waals surface area contributed by atoms with E-state index in [0.717, 1.165) is 32.2 Å². The van der Waals surface area contributed by atoms with Crippen LogP contribution < -0.4 is 10.2 Å². The molecule has 5 rings (SSSR count). The van der Waals surface area contributed by atoms with Crippen molar-refractivity contribution in [2.45, 2.75) is 31.3 Å². The highest BCUT2D eigenvalue weighted by Gasteiger charge is 2.47. The van der Waals surface area contributed by atoms with Gasteiger partial charge in [-0.25, -0.2) is 13.9 Å². The maximum atomic E-state index is 13.9. The van der Waals surface area contributed by atoms with Gasteiger partial charge in [-0.15, -0.1) is 12.4 Å². The van der Waals surface area contributed by atoms with E-state index in [9.17, 15) is 9.18 Å². The maximum absolute atomic E-state index is 13.9. The highest BCUT2D eigenvalue weighted by Crippen LogP contribution is 2.40. The van der Waals surface area contributed by atoms with E-state index in [1.54, 1.807) is 47.8 Å². The van der Waals surface area contributed by atoms with Crippen LogP contribution in [-0.2, 0) is 4.74 Å². The van der Waals surface area contributed by atoms with E-state index in [-0.39, 0.29) is 24.3 Å². The minimum Gasteiger partial charge on any atom is -0.441 e. The van der Waals surface area contributed by atoms with Crippen LogP contribution in [0.5, 0.6) is 0 Å². The lowest BCUT2D eigenvalue weighted by Crippen LogP contribution is -2.39. The molecule has 0 atom stereocenters. The summed E-state index contributed by atoms with van der Waals surface area (Å²) in [5, 5.41) is 15.4. The second-order valence-electron chi connectivity index (χ2n) is 8.16. The molecule has 1 spiro atoms. The first kappa shape index (κ1) is 22.0. The summed E-state index contributed by atoms with van der Waals surface area (Å²) in [4.78, 5) is 14.0. The van der Waals surface area contributed by atoms with Crippen LogP contribution in [0.1, 0.15) is 25.7 Å². The number of carbonyl (C=O) groups is 1. The summed E-state index contributed by atoms with van der Waals surface area (Å²) in [7, 11) is 0. The van der Waals surface area contributed by atoms with E-state index < -0.39 is 5.60 Å². The van der Waals surface area contributed by atoms with Gasteiger partial charge in [0.05, 0.1) is 24.6 Å². The smallest absolute Gasteiger partial charge is 0.415 e. The third-order valence-corrected chi connectivity index (χ3v) is 6.13. The second-order valence-corrected chi connectivity index (χ2v) is 8.16. The second kappa shape index (κ2) is 9.12. The molecule has 2 aromatic heterocycles. The van der Waals surface area contributed by atoms with Gasteiger partial charge in [-0.05, 0) is 49.8 Å². The molecule has 32 heavy (non-hydrogen) atoms. The van der Waals surface area contributed by atoms with Gasteiger partial charge < -0.3 is 10.1 Å². The number of nitrogens with one attached hydrogen (secondary N) is 1. The summed E-state index contributed by atoms with van der Waals surface area (Å²) in [5.41, 5.74) is 0.710. The van der Waals surface area contributed by atoms with Crippen LogP contribution in [0, 0.1) is 11.7 Å². The number of ether oxygens (including phenoxy) is 1. The molecule has 1 N–H and O–H groups in total. The van der Waals surface area contributed by atoms with Crippen molar-refractivity contribution < 1.29 is 13.9 Å². The number of benzene rings is 1. The van der Waals surface area contributed by atoms with Crippen LogP contribution in [0.3, 0.4) is 0 Å². The standard InChI is InChI=1S/C22H23FN6O2.ClH/c23-18-3-1-2-4-19(18)29-12-8-20(27-29)24-13-16-5-9-22(10-6-16)15-28(21(30)31-22)17-7-11-25-26-14-17;/h1-4,7-8,11-12,14,16H,5-6,9-10,13,15H2,(H,24,27);1H. The van der Waals surface area contributed by atoms with Gasteiger partial charge in [0.2, 0.25) is 0 Å². The number of carbonyl (C=O) groups excluding carboxylic acids is 1. The number of hydrogen-bond acceptors (Lipinski definition) is 6. The van der Waals surface area contributed by atoms with Crippen molar-refractivity contribution in [3.05, 3.63) is 60.8 Å². The van der Waals surface area contributed by atoms with E-state index >= 15 is 0 Å². The molecule has 0 unspecified atom stereocenters. The van der Waals surface area contributed by atoms with Gasteiger partial charge >= 0.3 is 6.09 Å². The molecule has 3 aromatic rings. The molecule has 2 aliphatic rings. The Bertz CT molecular complexity index is 1070. The van der Waals surface area contributed by atoms with Crippen molar-refractivity contribution in [1.82, 2.24) is 20.0 Å². The van der Waals surface area contributed by atoms with E-state index in [0.29, 0.717) is 29.7 Å². The van der Waals surface area contributed by atoms with Crippen LogP contribution in [0.15, 0.2) is 55.0 Å². The van der Waals surface area contributed by atoms with Crippen LogP contribution in [0.4, 0.5) is 20.7 Å². The van der Waals surface area contributed by atoms with Crippen LogP contribution in [0.2, 0.25) is 0 Å². The average Bonchev–Trinajstić information content (AvgIpc) is 3.39. The van der Waals surface area contributed by atoms with Gasteiger partial charge in [-0.3, -0.25) is 4.90 Å². The van der Waals surface area contributed by atoms with Crippen molar-refractivity contribution in [2.24, 2.45) is 5.92 Å². The van der Waals surface area contributed by atoms with Gasteiger partial charge in [-0.1, -0.05) is 12.1 Å². The molecule has 1 aromatic carbocycles. The van der Waals surface area contributed by atoms with Gasteiger partial charge in [0.25, 0.3) is 0 Å². The van der Waals surface area contributed by atoms with Crippen molar-refractivity contribution >= 4 is 30.0 Å². The highest BCUT2D eigenvalue weighted by molar-refractivity contribution is 5.90. The van der Waals surface area contributed by atoms with Gasteiger partial charge in [0.1, 0.15) is 22.9 Å². The van der Waals surface area contributed by atoms with Crippen molar-refractivity contribution in [3.63, 3.8) is 0 Å². The maximum Gasteiger partial charge on any atom is 0.415 e. The number of para-hydroxylation sites is 1. The fourth-order valence-corrected chi connectivity index (χ4v) is 4.37. The van der Waals surface area contributed by atoms with Crippen LogP contribution >= 0.6 is 12.4 Å². The molecular formula is C22H24ClFN6O2. The van der Waals surface area contributed by atoms with E-state index in [4.69, 9.17) is 4.74 Å². The predicted octanol–water partition coefficient (Wildman–Crippen LogP) is 4.22. The molecule has 3 heterocycles. The quantitative estimate of drug-likeness (QED) is 0.616. The van der Waals surface area contributed by atoms with Crippen molar-refractivity contribution in [3.8, 4) is 5.69 Å². The molecule has 8 nitrogen and oxygen atoms in total. The van der Waals surface area contributed by atoms with E-state index in [1.807, 2.05) is 6.07 Å². The molecule has 1 aliphatic carbocycles. The Kier molecular flexibility index (Phi) is 6.27. The fraction of sp³-hybridized carbons (Fsp3) is 0.364. The third kappa shape index (κ3) is 4.38. The molecule has 168 valence electrons. The number of rotatable bonds is 5. The molecule has 10 heteroatoms. The zero-order chi connectivity index (χ0) is 21.3. The Balaban J connectivity index is 0.00000245. The van der Waals surface area contributed by atoms with E-state index in [1.165, 1.54) is 10.7 Å². The Hall–Kier alpha value is -3.20. The largest absolute Gasteiger partial charge is 0.441 e. The Morgan fingerprint density at radius 3 is 2.72 bits per heavy atom. The monoisotopic (exact) mass is 458 g/mol. The third-order valence-electron chi connectivity index (χ3n) is 6.13. The van der Waals surface area contributed by atoms with E-state index in [2.05, 4.69) is 20.6 Å². The van der Waals surface area contributed by atoms with Gasteiger partial charge in [0, 0.05) is 18.8 Å². The Morgan fingerprint density at radius 1 is 1.16 bits per heavy atom. The molecule has 1 saturated carbocycles. The Labute approximate surface area is 191 Å². The first-order valence-electron chi connectivity index (χ1n) is 10.4. The summed E-state index contributed by atoms with van der Waals surface area (Å²) < 4.78 is 21.3. The lowest BCUT2D eigenvalue weighted by Gasteiger charge is -2.35. The predicted molar refractivity (Wildman–Crippen MR) is 120 cm³/mol. The van der Waals surface area contributed by atoms with Gasteiger partial charge in [0.15, 0.2) is 0 Å². The zero-order valence-electron chi connectivity index (χ0n) is 17.4. The lowest BCUT2D eigenvalue weighted by atomic mass is 9.78. The number of anilines is 2. The molecular weight excluding hydrogens is 435 g/mol. The topological polar surface area (TPSA) is 85.2 Å². The van der Waals surface area contributed by atoms with Crippen molar-refractivity contribution in [2.75, 3.05) is 23.3 Å². The molecule has 2 fully saturated rings. The first-order valence-corrected chi connectivity index (χ1v) is 10.4. The number of nitrogens with zero attached hydrogens (tertiary/aromatic N) is 5. The summed E-state index contributed by atoms with van der Waals surface area (Å²) in [6.45, 7) is 1.32. The van der Waals surface area contributed by atoms with Crippen molar-refractivity contribution in [1.29, 1.82) is 0 Å².